The van der Waals surface area contributed by atoms with Crippen LogP contribution in [0.4, 0.5) is 5.69 Å². The Bertz CT molecular complexity index is 984. The normalized spacial score (nSPS) is 16.4. The number of primary amides is 1. The first-order valence-corrected chi connectivity index (χ1v) is 11.6. The lowest BCUT2D eigenvalue weighted by Gasteiger charge is -2.36. The third-order valence-corrected chi connectivity index (χ3v) is 6.71. The number of rotatable bonds is 7. The minimum Gasteiger partial charge on any atom is -0.421 e. The van der Waals surface area contributed by atoms with Gasteiger partial charge in [0.2, 0.25) is 5.91 Å². The second-order valence-electron chi connectivity index (χ2n) is 7.75. The van der Waals surface area contributed by atoms with E-state index in [-0.39, 0.29) is 11.9 Å². The standard InChI is InChI=1S/C24H27N3O3S/c25-23(28)10-5-11-26-12-14-27(15-13-26)20-7-2-3-8-21(20)30-24(29)19-16-18-6-1-4-9-22(18)31-17-19/h1-4,6-9,16H,5,10-15,17H2,(H2,25,28). The number of esters is 1. The van der Waals surface area contributed by atoms with Crippen molar-refractivity contribution in [2.24, 2.45) is 5.73 Å². The number of nitrogens with two attached hydrogens (primary N) is 1. The quantitative estimate of drug-likeness (QED) is 0.530. The molecular formula is C24H27N3O3S. The minimum atomic E-state index is -0.292. The molecule has 0 atom stereocenters. The minimum absolute atomic E-state index is 0.246. The molecule has 0 bridgehead atoms. The topological polar surface area (TPSA) is 75.9 Å². The number of hydrogen-bond acceptors (Lipinski definition) is 6. The van der Waals surface area contributed by atoms with Crippen LogP contribution < -0.4 is 15.4 Å². The van der Waals surface area contributed by atoms with Gasteiger partial charge in [-0.2, -0.15) is 0 Å². The molecule has 4 rings (SSSR count). The zero-order chi connectivity index (χ0) is 21.6. The number of amides is 1. The summed E-state index contributed by atoms with van der Waals surface area (Å²) in [5.74, 6) is 0.672. The Morgan fingerprint density at radius 2 is 1.74 bits per heavy atom. The van der Waals surface area contributed by atoms with Crippen LogP contribution >= 0.6 is 11.8 Å². The van der Waals surface area contributed by atoms with E-state index in [0.29, 0.717) is 23.5 Å². The predicted molar refractivity (Wildman–Crippen MR) is 124 cm³/mol. The van der Waals surface area contributed by atoms with Crippen molar-refractivity contribution in [3.63, 3.8) is 0 Å². The van der Waals surface area contributed by atoms with E-state index in [4.69, 9.17) is 10.5 Å². The Morgan fingerprint density at radius 3 is 2.55 bits per heavy atom. The van der Waals surface area contributed by atoms with E-state index in [0.717, 1.165) is 50.4 Å². The van der Waals surface area contributed by atoms with Gasteiger partial charge in [0, 0.05) is 48.8 Å². The molecule has 162 valence electrons. The van der Waals surface area contributed by atoms with Gasteiger partial charge in [-0.15, -0.1) is 11.8 Å². The smallest absolute Gasteiger partial charge is 0.340 e. The van der Waals surface area contributed by atoms with E-state index < -0.39 is 0 Å². The first-order chi connectivity index (χ1) is 15.1. The third-order valence-electron chi connectivity index (χ3n) is 5.57. The molecule has 2 aliphatic heterocycles. The highest BCUT2D eigenvalue weighted by molar-refractivity contribution is 7.99. The number of anilines is 1. The molecular weight excluding hydrogens is 410 g/mol. The summed E-state index contributed by atoms with van der Waals surface area (Å²) >= 11 is 1.66. The van der Waals surface area contributed by atoms with Gasteiger partial charge in [-0.25, -0.2) is 4.79 Å². The van der Waals surface area contributed by atoms with Crippen molar-refractivity contribution in [2.75, 3.05) is 43.4 Å². The van der Waals surface area contributed by atoms with E-state index in [1.54, 1.807) is 11.8 Å². The van der Waals surface area contributed by atoms with Crippen molar-refractivity contribution in [2.45, 2.75) is 17.7 Å². The lowest BCUT2D eigenvalue weighted by Crippen LogP contribution is -2.46. The van der Waals surface area contributed by atoms with Crippen molar-refractivity contribution < 1.29 is 14.3 Å². The monoisotopic (exact) mass is 437 g/mol. The Morgan fingerprint density at radius 1 is 1.00 bits per heavy atom. The summed E-state index contributed by atoms with van der Waals surface area (Å²) in [4.78, 5) is 29.6. The van der Waals surface area contributed by atoms with E-state index in [9.17, 15) is 9.59 Å². The van der Waals surface area contributed by atoms with Crippen molar-refractivity contribution >= 4 is 35.4 Å². The molecule has 2 N–H and O–H groups in total. The summed E-state index contributed by atoms with van der Waals surface area (Å²) in [5, 5.41) is 0. The van der Waals surface area contributed by atoms with Crippen LogP contribution in [0.25, 0.3) is 6.08 Å². The lowest BCUT2D eigenvalue weighted by atomic mass is 10.1. The van der Waals surface area contributed by atoms with Crippen LogP contribution in [0, 0.1) is 0 Å². The molecule has 2 aromatic carbocycles. The van der Waals surface area contributed by atoms with Gasteiger partial charge in [0.25, 0.3) is 0 Å². The molecule has 0 aliphatic carbocycles. The Labute approximate surface area is 187 Å². The molecule has 0 saturated carbocycles. The molecule has 0 spiro atoms. The largest absolute Gasteiger partial charge is 0.421 e. The molecule has 31 heavy (non-hydrogen) atoms. The van der Waals surface area contributed by atoms with Crippen molar-refractivity contribution in [1.82, 2.24) is 4.90 Å². The molecule has 1 saturated heterocycles. The van der Waals surface area contributed by atoms with Gasteiger partial charge in [-0.05, 0) is 42.8 Å². The first kappa shape index (κ1) is 21.5. The zero-order valence-electron chi connectivity index (χ0n) is 17.5. The van der Waals surface area contributed by atoms with Crippen molar-refractivity contribution in [3.8, 4) is 5.75 Å². The number of fused-ring (bicyclic) bond motifs is 1. The summed E-state index contributed by atoms with van der Waals surface area (Å²) in [6.45, 7) is 4.37. The van der Waals surface area contributed by atoms with Crippen LogP contribution in [0.5, 0.6) is 5.75 Å². The fourth-order valence-corrected chi connectivity index (χ4v) is 4.87. The molecule has 0 aromatic heterocycles. The maximum Gasteiger partial charge on any atom is 0.340 e. The van der Waals surface area contributed by atoms with Crippen LogP contribution in [-0.2, 0) is 9.59 Å². The van der Waals surface area contributed by atoms with Crippen LogP contribution in [0.2, 0.25) is 0 Å². The summed E-state index contributed by atoms with van der Waals surface area (Å²) in [7, 11) is 0. The highest BCUT2D eigenvalue weighted by atomic mass is 32.2. The van der Waals surface area contributed by atoms with Gasteiger partial charge in [-0.1, -0.05) is 30.3 Å². The number of thioether (sulfide) groups is 1. The second kappa shape index (κ2) is 10.0. The SMILES string of the molecule is NC(=O)CCCN1CCN(c2ccccc2OC(=O)C2=Cc3ccccc3SC2)CC1. The van der Waals surface area contributed by atoms with E-state index in [1.165, 1.54) is 4.90 Å². The Balaban J connectivity index is 1.39. The van der Waals surface area contributed by atoms with Gasteiger partial charge in [0.05, 0.1) is 5.69 Å². The number of ether oxygens (including phenoxy) is 1. The first-order valence-electron chi connectivity index (χ1n) is 10.6. The number of hydrogen-bond donors (Lipinski definition) is 1. The lowest BCUT2D eigenvalue weighted by molar-refractivity contribution is -0.130. The number of carbonyl (C=O) groups excluding carboxylic acids is 2. The molecule has 6 nitrogen and oxygen atoms in total. The fourth-order valence-electron chi connectivity index (χ4n) is 3.89. The molecule has 1 amide bonds. The van der Waals surface area contributed by atoms with E-state index in [1.807, 2.05) is 48.5 Å². The highest BCUT2D eigenvalue weighted by Gasteiger charge is 2.23. The van der Waals surface area contributed by atoms with Crippen LogP contribution in [0.3, 0.4) is 0 Å². The average Bonchev–Trinajstić information content (AvgIpc) is 2.79. The van der Waals surface area contributed by atoms with Crippen LogP contribution in [-0.4, -0.2) is 55.3 Å². The third kappa shape index (κ3) is 5.48. The van der Waals surface area contributed by atoms with Crippen LogP contribution in [0.1, 0.15) is 18.4 Å². The predicted octanol–water partition coefficient (Wildman–Crippen LogP) is 3.17. The maximum absolute atomic E-state index is 12.9. The molecule has 2 aliphatic rings. The summed E-state index contributed by atoms with van der Waals surface area (Å²) < 4.78 is 5.84. The summed E-state index contributed by atoms with van der Waals surface area (Å²) in [5.41, 5.74) is 7.91. The van der Waals surface area contributed by atoms with Gasteiger partial charge in [-0.3, -0.25) is 9.69 Å². The summed E-state index contributed by atoms with van der Waals surface area (Å²) in [6, 6.07) is 15.8. The molecule has 0 unspecified atom stereocenters. The summed E-state index contributed by atoms with van der Waals surface area (Å²) in [6.07, 6.45) is 3.15. The maximum atomic E-state index is 12.9. The molecule has 2 heterocycles. The fraction of sp³-hybridized carbons (Fsp3) is 0.333. The van der Waals surface area contributed by atoms with Crippen molar-refractivity contribution in [3.05, 3.63) is 59.7 Å². The molecule has 0 radical (unpaired) electrons. The number of para-hydroxylation sites is 2. The zero-order valence-corrected chi connectivity index (χ0v) is 18.3. The molecule has 2 aromatic rings. The number of piperazine rings is 1. The van der Waals surface area contributed by atoms with Gasteiger partial charge < -0.3 is 15.4 Å². The molecule has 1 fully saturated rings. The van der Waals surface area contributed by atoms with Crippen molar-refractivity contribution in [1.29, 1.82) is 0 Å². The van der Waals surface area contributed by atoms with Gasteiger partial charge in [0.15, 0.2) is 5.75 Å². The van der Waals surface area contributed by atoms with Crippen LogP contribution in [0.15, 0.2) is 59.0 Å². The Kier molecular flexibility index (Phi) is 6.94. The van der Waals surface area contributed by atoms with E-state index in [2.05, 4.69) is 15.9 Å². The van der Waals surface area contributed by atoms with Gasteiger partial charge in [0.1, 0.15) is 0 Å². The number of benzene rings is 2. The second-order valence-corrected chi connectivity index (χ2v) is 8.77. The highest BCUT2D eigenvalue weighted by Crippen LogP contribution is 2.34. The van der Waals surface area contributed by atoms with E-state index >= 15 is 0 Å². The Hall–Kier alpha value is -2.77. The number of nitrogens with zero attached hydrogens (tertiary/aromatic N) is 2. The molecule has 7 heteroatoms. The number of carbonyl (C=O) groups is 2. The van der Waals surface area contributed by atoms with Gasteiger partial charge >= 0.3 is 5.97 Å². The average molecular weight is 438 g/mol.